The largest absolute Gasteiger partial charge is 0.270 e. The van der Waals surface area contributed by atoms with Crippen molar-refractivity contribution in [2.75, 3.05) is 0 Å². The summed E-state index contributed by atoms with van der Waals surface area (Å²) >= 11 is 0. The second-order valence-corrected chi connectivity index (χ2v) is 7.10. The number of fused-ring (bicyclic) bond motifs is 1. The smallest absolute Gasteiger partial charge is 0.164 e. The van der Waals surface area contributed by atoms with Gasteiger partial charge in [0.05, 0.1) is 5.70 Å². The third-order valence-corrected chi connectivity index (χ3v) is 5.01. The summed E-state index contributed by atoms with van der Waals surface area (Å²) in [5.41, 5.74) is 8.12. The normalized spacial score (nSPS) is 11.6. The van der Waals surface area contributed by atoms with E-state index in [2.05, 4.69) is 60.2 Å². The SMILES string of the molecule is [CH2-]c1cccc2c1C(n1ccn(C)[cH+]1)=CC2.[CH2-]c1ccccc1-c1ccccn1.[Ir]. The Balaban J connectivity index is 0.000000169. The number of hydrogen-bond acceptors (Lipinski definition) is 1. The van der Waals surface area contributed by atoms with Gasteiger partial charge in [-0.1, -0.05) is 29.3 Å². The minimum atomic E-state index is 0. The van der Waals surface area contributed by atoms with Crippen LogP contribution in [0.25, 0.3) is 17.0 Å². The van der Waals surface area contributed by atoms with E-state index in [0.717, 1.165) is 28.8 Å². The summed E-state index contributed by atoms with van der Waals surface area (Å²) in [6.07, 6.45) is 11.3. The Bertz CT molecular complexity index is 1160. The Labute approximate surface area is 192 Å². The fraction of sp³-hybridized carbons (Fsp3) is 0.0769. The third-order valence-electron chi connectivity index (χ3n) is 5.01. The Kier molecular flexibility index (Phi) is 6.94. The first kappa shape index (κ1) is 21.6. The molecule has 3 nitrogen and oxygen atoms in total. The molecule has 0 aliphatic heterocycles. The van der Waals surface area contributed by atoms with E-state index >= 15 is 0 Å². The monoisotopic (exact) mass is 571 g/mol. The van der Waals surface area contributed by atoms with Crippen LogP contribution in [0, 0.1) is 13.8 Å². The molecule has 1 aliphatic carbocycles. The van der Waals surface area contributed by atoms with Gasteiger partial charge in [0, 0.05) is 39.0 Å². The van der Waals surface area contributed by atoms with E-state index in [1.165, 1.54) is 16.8 Å². The van der Waals surface area contributed by atoms with Crippen molar-refractivity contribution in [2.45, 2.75) is 6.42 Å². The van der Waals surface area contributed by atoms with Crippen molar-refractivity contribution >= 4 is 5.70 Å². The van der Waals surface area contributed by atoms with Gasteiger partial charge in [-0.25, -0.2) is 0 Å². The molecule has 0 fully saturated rings. The number of pyridine rings is 1. The maximum Gasteiger partial charge on any atom is 0.164 e. The van der Waals surface area contributed by atoms with Crippen molar-refractivity contribution in [3.63, 3.8) is 0 Å². The maximum atomic E-state index is 4.27. The number of hydrogen-bond donors (Lipinski definition) is 0. The van der Waals surface area contributed by atoms with E-state index in [1.54, 1.807) is 6.20 Å². The minimum Gasteiger partial charge on any atom is -0.270 e. The van der Waals surface area contributed by atoms with E-state index in [4.69, 9.17) is 0 Å². The second-order valence-electron chi connectivity index (χ2n) is 7.10. The maximum absolute atomic E-state index is 4.27. The molecule has 4 heteroatoms. The Morgan fingerprint density at radius 2 is 1.67 bits per heavy atom. The van der Waals surface area contributed by atoms with Gasteiger partial charge in [-0.3, -0.25) is 9.55 Å². The number of nitrogens with zero attached hydrogens (tertiary/aromatic N) is 3. The molecule has 0 unspecified atom stereocenters. The van der Waals surface area contributed by atoms with E-state index in [-0.39, 0.29) is 20.1 Å². The molecule has 0 saturated carbocycles. The van der Waals surface area contributed by atoms with Crippen LogP contribution in [-0.2, 0) is 33.6 Å². The predicted octanol–water partition coefficient (Wildman–Crippen LogP) is 5.66. The van der Waals surface area contributed by atoms with Crippen LogP contribution in [0.4, 0.5) is 0 Å². The van der Waals surface area contributed by atoms with Crippen LogP contribution in [0.15, 0.2) is 91.7 Å². The third kappa shape index (κ3) is 4.56. The summed E-state index contributed by atoms with van der Waals surface area (Å²) in [4.78, 5) is 4.27. The van der Waals surface area contributed by atoms with Crippen molar-refractivity contribution < 1.29 is 20.1 Å². The molecule has 2 heterocycles. The van der Waals surface area contributed by atoms with Crippen LogP contribution in [0.1, 0.15) is 22.3 Å². The van der Waals surface area contributed by atoms with Crippen LogP contribution in [0.5, 0.6) is 0 Å². The first-order chi connectivity index (χ1) is 14.1. The molecule has 1 radical (unpaired) electrons. The predicted molar refractivity (Wildman–Crippen MR) is 120 cm³/mol. The minimum absolute atomic E-state index is 0. The van der Waals surface area contributed by atoms with E-state index in [0.29, 0.717) is 0 Å². The van der Waals surface area contributed by atoms with Gasteiger partial charge in [0.15, 0.2) is 6.33 Å². The fourth-order valence-electron chi connectivity index (χ4n) is 3.58. The van der Waals surface area contributed by atoms with Crippen molar-refractivity contribution in [1.82, 2.24) is 14.1 Å². The van der Waals surface area contributed by atoms with Gasteiger partial charge in [-0.15, -0.1) is 23.8 Å². The number of rotatable bonds is 2. The molecule has 0 amide bonds. The van der Waals surface area contributed by atoms with Crippen LogP contribution >= 0.6 is 0 Å². The van der Waals surface area contributed by atoms with Gasteiger partial charge >= 0.3 is 0 Å². The van der Waals surface area contributed by atoms with E-state index in [1.807, 2.05) is 60.3 Å². The topological polar surface area (TPSA) is 22.8 Å². The van der Waals surface area contributed by atoms with Gasteiger partial charge < -0.3 is 0 Å². The quantitative estimate of drug-likeness (QED) is 0.285. The van der Waals surface area contributed by atoms with Crippen molar-refractivity contribution in [3.8, 4) is 11.3 Å². The molecule has 2 aromatic heterocycles. The fourth-order valence-corrected chi connectivity index (χ4v) is 3.58. The summed E-state index contributed by atoms with van der Waals surface area (Å²) in [6, 6.07) is 20.2. The van der Waals surface area contributed by atoms with Gasteiger partial charge in [0.25, 0.3) is 0 Å². The van der Waals surface area contributed by atoms with Gasteiger partial charge in [0.2, 0.25) is 0 Å². The standard InChI is InChI=1S/C14H14N2.C12H10N.Ir/c1-11-4-3-5-12-6-7-13(14(11)12)16-9-8-15(2)10-16;1-10-6-2-3-7-11(10)12-8-4-5-9-13-12;/h3-5,7-10H,1,6H2,2H3;2-9H,1H2;/q;-1;. The summed E-state index contributed by atoms with van der Waals surface area (Å²) in [6.45, 7) is 8.07. The Morgan fingerprint density at radius 3 is 2.37 bits per heavy atom. The number of aromatic nitrogens is 3. The molecule has 0 atom stereocenters. The summed E-state index contributed by atoms with van der Waals surface area (Å²) < 4.78 is 4.20. The van der Waals surface area contributed by atoms with Gasteiger partial charge in [-0.2, -0.15) is 41.7 Å². The van der Waals surface area contributed by atoms with Gasteiger partial charge in [0.1, 0.15) is 12.4 Å². The zero-order chi connectivity index (χ0) is 20.2. The molecule has 0 bridgehead atoms. The average Bonchev–Trinajstić information content (AvgIpc) is 3.36. The van der Waals surface area contributed by atoms with Crippen molar-refractivity contribution in [1.29, 1.82) is 0 Å². The van der Waals surface area contributed by atoms with Crippen LogP contribution in [0.2, 0.25) is 0 Å². The number of imidazole rings is 1. The molecular weight excluding hydrogens is 547 g/mol. The average molecular weight is 571 g/mol. The zero-order valence-corrected chi connectivity index (χ0v) is 19.4. The first-order valence-electron chi connectivity index (χ1n) is 9.64. The van der Waals surface area contributed by atoms with E-state index in [9.17, 15) is 0 Å². The molecule has 2 aromatic carbocycles. The molecule has 0 spiro atoms. The molecule has 0 N–H and O–H groups in total. The Hall–Kier alpha value is -3.07. The molecule has 1 aliphatic rings. The number of allylic oxidation sites excluding steroid dienone is 1. The summed E-state index contributed by atoms with van der Waals surface area (Å²) in [5, 5.41) is 0. The van der Waals surface area contributed by atoms with Crippen LogP contribution in [-0.4, -0.2) is 14.1 Å². The van der Waals surface area contributed by atoms with Crippen LogP contribution in [0.3, 0.4) is 0 Å². The molecule has 0 saturated heterocycles. The number of benzene rings is 2. The van der Waals surface area contributed by atoms with E-state index < -0.39 is 0 Å². The molecule has 153 valence electrons. The molecular formula is C26H24IrN3-. The van der Waals surface area contributed by atoms with Crippen LogP contribution < -0.4 is 0 Å². The molecule has 4 aromatic rings. The van der Waals surface area contributed by atoms with Gasteiger partial charge in [-0.05, 0) is 24.6 Å². The Morgan fingerprint density at radius 1 is 0.900 bits per heavy atom. The summed E-state index contributed by atoms with van der Waals surface area (Å²) in [7, 11) is 2.03. The number of aryl methyl sites for hydroxylation is 1. The second kappa shape index (κ2) is 9.62. The molecule has 30 heavy (non-hydrogen) atoms. The summed E-state index contributed by atoms with van der Waals surface area (Å²) in [5.74, 6) is 0. The van der Waals surface area contributed by atoms with Crippen molar-refractivity contribution in [3.05, 3.63) is 128 Å². The molecule has 5 rings (SSSR count). The first-order valence-corrected chi connectivity index (χ1v) is 9.64. The van der Waals surface area contributed by atoms with Crippen molar-refractivity contribution in [2.24, 2.45) is 7.05 Å². The zero-order valence-electron chi connectivity index (χ0n) is 17.0.